The molecule has 2 aliphatic rings. The first-order valence-electron chi connectivity index (χ1n) is 10.1. The van der Waals surface area contributed by atoms with Crippen LogP contribution in [0, 0.1) is 5.41 Å². The summed E-state index contributed by atoms with van der Waals surface area (Å²) in [6.45, 7) is 5.70. The maximum atomic E-state index is 13.0. The van der Waals surface area contributed by atoms with E-state index in [2.05, 4.69) is 17.1 Å². The first kappa shape index (κ1) is 19.5. The zero-order valence-electron chi connectivity index (χ0n) is 16.5. The first-order valence-corrected chi connectivity index (χ1v) is 10.1. The zero-order chi connectivity index (χ0) is 19.3. The lowest BCUT2D eigenvalue weighted by atomic mass is 10.0. The van der Waals surface area contributed by atoms with Crippen molar-refractivity contribution in [3.63, 3.8) is 0 Å². The number of carbonyl (C=O) groups is 2. The summed E-state index contributed by atoms with van der Waals surface area (Å²) in [6, 6.07) is 7.99. The van der Waals surface area contributed by atoms with Crippen molar-refractivity contribution < 1.29 is 14.3 Å². The van der Waals surface area contributed by atoms with Crippen LogP contribution in [-0.2, 0) is 9.59 Å². The van der Waals surface area contributed by atoms with Gasteiger partial charge in [-0.25, -0.2) is 0 Å². The lowest BCUT2D eigenvalue weighted by Crippen LogP contribution is -2.53. The Kier molecular flexibility index (Phi) is 6.24. The molecule has 2 amide bonds. The third-order valence-electron chi connectivity index (χ3n) is 5.66. The fourth-order valence-electron chi connectivity index (χ4n) is 3.67. The van der Waals surface area contributed by atoms with Crippen molar-refractivity contribution in [3.8, 4) is 5.75 Å². The molecule has 0 spiro atoms. The molecule has 1 N–H and O–H groups in total. The number of amides is 2. The van der Waals surface area contributed by atoms with Crippen LogP contribution >= 0.6 is 0 Å². The minimum atomic E-state index is -0.783. The highest BCUT2D eigenvalue weighted by molar-refractivity contribution is 6.07. The summed E-state index contributed by atoms with van der Waals surface area (Å²) in [5.41, 5.74) is 0.354. The monoisotopic (exact) mass is 373 g/mol. The minimum Gasteiger partial charge on any atom is -0.497 e. The molecular weight excluding hydrogens is 342 g/mol. The van der Waals surface area contributed by atoms with Crippen LogP contribution in [0.3, 0.4) is 0 Å². The molecule has 6 nitrogen and oxygen atoms in total. The topological polar surface area (TPSA) is 61.9 Å². The van der Waals surface area contributed by atoms with E-state index in [0.717, 1.165) is 43.8 Å². The molecule has 0 unspecified atom stereocenters. The molecule has 0 radical (unpaired) electrons. The van der Waals surface area contributed by atoms with E-state index in [9.17, 15) is 9.59 Å². The van der Waals surface area contributed by atoms with Crippen LogP contribution in [0.15, 0.2) is 24.3 Å². The van der Waals surface area contributed by atoms with Gasteiger partial charge in [-0.1, -0.05) is 19.8 Å². The fraction of sp³-hybridized carbons (Fsp3) is 0.619. The van der Waals surface area contributed by atoms with Crippen LogP contribution in [-0.4, -0.2) is 56.5 Å². The highest BCUT2D eigenvalue weighted by Crippen LogP contribution is 2.47. The molecule has 148 valence electrons. The van der Waals surface area contributed by atoms with Gasteiger partial charge < -0.3 is 19.9 Å². The summed E-state index contributed by atoms with van der Waals surface area (Å²) in [6.07, 6.45) is 4.58. The summed E-state index contributed by atoms with van der Waals surface area (Å²) in [5.74, 6) is 0.791. The van der Waals surface area contributed by atoms with Gasteiger partial charge in [0.15, 0.2) is 0 Å². The number of carbonyl (C=O) groups excluding carboxylic acids is 2. The lowest BCUT2D eigenvalue weighted by molar-refractivity contribution is -0.144. The molecule has 0 aromatic heterocycles. The number of hydrogen-bond acceptors (Lipinski definition) is 4. The Balaban J connectivity index is 1.51. The first-order chi connectivity index (χ1) is 13.1. The third-order valence-corrected chi connectivity index (χ3v) is 5.66. The van der Waals surface area contributed by atoms with Gasteiger partial charge in [0.25, 0.3) is 0 Å². The molecule has 1 aromatic rings. The summed E-state index contributed by atoms with van der Waals surface area (Å²) < 4.78 is 5.20. The Hall–Kier alpha value is -2.24. The van der Waals surface area contributed by atoms with Crippen molar-refractivity contribution in [2.75, 3.05) is 44.7 Å². The molecular formula is C21H31N3O3. The third kappa shape index (κ3) is 4.37. The second-order valence-corrected chi connectivity index (χ2v) is 7.52. The number of benzene rings is 1. The van der Waals surface area contributed by atoms with Crippen molar-refractivity contribution in [2.24, 2.45) is 5.41 Å². The van der Waals surface area contributed by atoms with E-state index in [4.69, 9.17) is 4.74 Å². The number of unbranched alkanes of at least 4 members (excludes halogenated alkanes) is 2. The highest BCUT2D eigenvalue weighted by atomic mass is 16.5. The van der Waals surface area contributed by atoms with Crippen molar-refractivity contribution >= 4 is 17.5 Å². The standard InChI is InChI=1S/C21H31N3O3/c1-3-4-5-12-22-19(25)21(10-11-21)20(26)24-15-13-23(14-16-24)17-6-8-18(27-2)9-7-17/h6-9H,3-5,10-16H2,1-2H3,(H,22,25). The largest absolute Gasteiger partial charge is 0.497 e. The van der Waals surface area contributed by atoms with Crippen molar-refractivity contribution in [1.29, 1.82) is 0 Å². The number of hydrogen-bond donors (Lipinski definition) is 1. The molecule has 3 rings (SSSR count). The number of nitrogens with one attached hydrogen (secondary N) is 1. The molecule has 0 atom stereocenters. The molecule has 1 aliphatic heterocycles. The van der Waals surface area contributed by atoms with Gasteiger partial charge in [0, 0.05) is 38.4 Å². The summed E-state index contributed by atoms with van der Waals surface area (Å²) in [7, 11) is 1.66. The van der Waals surface area contributed by atoms with Crippen molar-refractivity contribution in [2.45, 2.75) is 39.0 Å². The number of ether oxygens (including phenoxy) is 1. The average molecular weight is 373 g/mol. The van der Waals surface area contributed by atoms with Crippen LogP contribution in [0.1, 0.15) is 39.0 Å². The Morgan fingerprint density at radius 2 is 1.74 bits per heavy atom. The maximum absolute atomic E-state index is 13.0. The molecule has 1 aromatic carbocycles. The van der Waals surface area contributed by atoms with Crippen LogP contribution in [0.2, 0.25) is 0 Å². The Morgan fingerprint density at radius 1 is 1.07 bits per heavy atom. The Morgan fingerprint density at radius 3 is 2.30 bits per heavy atom. The molecule has 6 heteroatoms. The summed E-state index contributed by atoms with van der Waals surface area (Å²) in [5, 5.41) is 2.98. The van der Waals surface area contributed by atoms with Crippen molar-refractivity contribution in [1.82, 2.24) is 10.2 Å². The average Bonchev–Trinajstić information content (AvgIpc) is 3.53. The number of piperazine rings is 1. The van der Waals surface area contributed by atoms with E-state index >= 15 is 0 Å². The van der Waals surface area contributed by atoms with Gasteiger partial charge in [-0.15, -0.1) is 0 Å². The van der Waals surface area contributed by atoms with Gasteiger partial charge in [0.05, 0.1) is 7.11 Å². The van der Waals surface area contributed by atoms with E-state index in [0.29, 0.717) is 32.5 Å². The zero-order valence-corrected chi connectivity index (χ0v) is 16.5. The van der Waals surface area contributed by atoms with E-state index < -0.39 is 5.41 Å². The number of anilines is 1. The second-order valence-electron chi connectivity index (χ2n) is 7.52. The summed E-state index contributed by atoms with van der Waals surface area (Å²) in [4.78, 5) is 29.7. The Bertz CT molecular complexity index is 647. The molecule has 1 aliphatic carbocycles. The van der Waals surface area contributed by atoms with Gasteiger partial charge in [0.1, 0.15) is 11.2 Å². The van der Waals surface area contributed by atoms with Crippen LogP contribution in [0.4, 0.5) is 5.69 Å². The van der Waals surface area contributed by atoms with Crippen molar-refractivity contribution in [3.05, 3.63) is 24.3 Å². The molecule has 2 fully saturated rings. The van der Waals surface area contributed by atoms with E-state index in [1.807, 2.05) is 29.2 Å². The molecule has 0 bridgehead atoms. The van der Waals surface area contributed by atoms with Gasteiger partial charge in [0.2, 0.25) is 11.8 Å². The number of rotatable bonds is 8. The summed E-state index contributed by atoms with van der Waals surface area (Å²) >= 11 is 0. The van der Waals surface area contributed by atoms with Gasteiger partial charge in [-0.05, 0) is 43.5 Å². The van der Waals surface area contributed by atoms with Crippen LogP contribution in [0.25, 0.3) is 0 Å². The highest BCUT2D eigenvalue weighted by Gasteiger charge is 2.58. The van der Waals surface area contributed by atoms with E-state index in [1.54, 1.807) is 7.11 Å². The van der Waals surface area contributed by atoms with E-state index in [1.165, 1.54) is 0 Å². The number of methoxy groups -OCH3 is 1. The van der Waals surface area contributed by atoms with Gasteiger partial charge in [-0.2, -0.15) is 0 Å². The molecule has 1 saturated heterocycles. The van der Waals surface area contributed by atoms with E-state index in [-0.39, 0.29) is 11.8 Å². The second kappa shape index (κ2) is 8.63. The Labute approximate surface area is 161 Å². The fourth-order valence-corrected chi connectivity index (χ4v) is 3.67. The normalized spacial score (nSPS) is 18.1. The van der Waals surface area contributed by atoms with Crippen LogP contribution in [0.5, 0.6) is 5.75 Å². The van der Waals surface area contributed by atoms with Gasteiger partial charge >= 0.3 is 0 Å². The SMILES string of the molecule is CCCCCNC(=O)C1(C(=O)N2CCN(c3ccc(OC)cc3)CC2)CC1. The molecule has 1 saturated carbocycles. The maximum Gasteiger partial charge on any atom is 0.238 e. The minimum absolute atomic E-state index is 0.0184. The number of nitrogens with zero attached hydrogens (tertiary/aromatic N) is 2. The predicted molar refractivity (Wildman–Crippen MR) is 106 cm³/mol. The smallest absolute Gasteiger partial charge is 0.238 e. The van der Waals surface area contributed by atoms with Gasteiger partial charge in [-0.3, -0.25) is 9.59 Å². The quantitative estimate of drug-likeness (QED) is 0.562. The molecule has 1 heterocycles. The lowest BCUT2D eigenvalue weighted by Gasteiger charge is -2.37. The molecule has 27 heavy (non-hydrogen) atoms. The van der Waals surface area contributed by atoms with Crippen LogP contribution < -0.4 is 15.0 Å². The predicted octanol–water partition coefficient (Wildman–Crippen LogP) is 2.43.